The van der Waals surface area contributed by atoms with Gasteiger partial charge in [-0.2, -0.15) is 0 Å². The van der Waals surface area contributed by atoms with E-state index in [0.29, 0.717) is 5.22 Å². The zero-order chi connectivity index (χ0) is 16.6. The maximum atomic E-state index is 12.4. The summed E-state index contributed by atoms with van der Waals surface area (Å²) < 4.78 is 0. The first kappa shape index (κ1) is 14.6. The van der Waals surface area contributed by atoms with E-state index in [9.17, 15) is 4.79 Å². The highest BCUT2D eigenvalue weighted by Crippen LogP contribution is 2.39. The topological polar surface area (TPSA) is 45.2 Å². The molecule has 3 nitrogen and oxygen atoms in total. The molecule has 0 saturated heterocycles. The van der Waals surface area contributed by atoms with E-state index in [1.807, 2.05) is 42.5 Å². The summed E-state index contributed by atoms with van der Waals surface area (Å²) in [4.78, 5) is 20.0. The Morgan fingerprint density at radius 3 is 2.08 bits per heavy atom. The summed E-state index contributed by atoms with van der Waals surface area (Å²) in [5, 5.41) is 1.40. The van der Waals surface area contributed by atoms with Crippen molar-refractivity contribution in [2.75, 3.05) is 0 Å². The average molecular weight is 314 g/mol. The normalized spacial score (nSPS) is 18.1. The van der Waals surface area contributed by atoms with Crippen LogP contribution < -0.4 is 16.1 Å². The maximum absolute atomic E-state index is 12.4. The van der Waals surface area contributed by atoms with Gasteiger partial charge in [-0.1, -0.05) is 66.7 Å². The molecule has 118 valence electrons. The van der Waals surface area contributed by atoms with Gasteiger partial charge in [0.15, 0.2) is 0 Å². The summed E-state index contributed by atoms with van der Waals surface area (Å²) in [5.74, 6) is 0. The minimum Gasteiger partial charge on any atom is -0.328 e. The van der Waals surface area contributed by atoms with Gasteiger partial charge in [0.2, 0.25) is 0 Å². The molecule has 2 aromatic carbocycles. The Kier molecular flexibility index (Phi) is 3.42. The molecule has 0 amide bonds. The van der Waals surface area contributed by atoms with E-state index in [2.05, 4.69) is 42.2 Å². The second kappa shape index (κ2) is 5.60. The van der Waals surface area contributed by atoms with Gasteiger partial charge in [0.1, 0.15) is 0 Å². The Morgan fingerprint density at radius 1 is 0.917 bits per heavy atom. The quantitative estimate of drug-likeness (QED) is 0.774. The van der Waals surface area contributed by atoms with Gasteiger partial charge < -0.3 is 4.98 Å². The summed E-state index contributed by atoms with van der Waals surface area (Å²) in [6.07, 6.45) is 3.74. The largest absolute Gasteiger partial charge is 0.328 e. The Labute approximate surface area is 140 Å². The van der Waals surface area contributed by atoms with E-state index < -0.39 is 5.41 Å². The van der Waals surface area contributed by atoms with Crippen LogP contribution in [-0.2, 0) is 5.41 Å². The first-order valence-electron chi connectivity index (χ1n) is 8.11. The Hall–Kier alpha value is -2.94. The molecular weight excluding hydrogens is 296 g/mol. The van der Waals surface area contributed by atoms with E-state index in [1.54, 1.807) is 6.20 Å². The molecule has 1 aliphatic rings. The molecule has 0 radical (unpaired) electrons. The van der Waals surface area contributed by atoms with Crippen LogP contribution in [0.3, 0.4) is 0 Å². The second-order valence-corrected chi connectivity index (χ2v) is 6.16. The van der Waals surface area contributed by atoms with Crippen molar-refractivity contribution in [3.8, 4) is 0 Å². The zero-order valence-electron chi connectivity index (χ0n) is 13.4. The van der Waals surface area contributed by atoms with Gasteiger partial charge in [-0.25, -0.2) is 0 Å². The fourth-order valence-corrected chi connectivity index (χ4v) is 3.63. The van der Waals surface area contributed by atoms with E-state index in [0.717, 1.165) is 16.5 Å². The average Bonchev–Trinajstić information content (AvgIpc) is 2.63. The molecule has 1 N–H and O–H groups in total. The number of nitrogens with zero attached hydrogens (tertiary/aromatic N) is 1. The van der Waals surface area contributed by atoms with Crippen molar-refractivity contribution < 1.29 is 0 Å². The summed E-state index contributed by atoms with van der Waals surface area (Å²) >= 11 is 0. The molecule has 1 unspecified atom stereocenters. The number of fused-ring (bicyclic) bond motifs is 1. The molecule has 0 fully saturated rings. The minimum atomic E-state index is -0.454. The molecule has 0 saturated carbocycles. The molecule has 4 rings (SSSR count). The molecule has 0 spiro atoms. The Bertz CT molecular complexity index is 997. The van der Waals surface area contributed by atoms with E-state index in [1.165, 1.54) is 0 Å². The monoisotopic (exact) mass is 314 g/mol. The number of nitrogens with one attached hydrogen (secondary N) is 1. The maximum Gasteiger partial charge on any atom is 0.257 e. The molecule has 0 aliphatic carbocycles. The standard InChI is InChI=1S/C21H18N2O/c1-15-21(16-8-4-2-5-9-16,17-10-6-3-7-11-17)14-18-19(23-15)12-13-22-20(18)24/h2-15H,1H3,(H,22,24). The molecule has 1 aliphatic heterocycles. The van der Waals surface area contributed by atoms with Gasteiger partial charge in [-0.3, -0.25) is 9.79 Å². The smallest absolute Gasteiger partial charge is 0.257 e. The highest BCUT2D eigenvalue weighted by atomic mass is 16.1. The number of benzene rings is 2. The van der Waals surface area contributed by atoms with Crippen LogP contribution in [0.25, 0.3) is 6.08 Å². The number of hydrogen-bond acceptors (Lipinski definition) is 2. The van der Waals surface area contributed by atoms with Gasteiger partial charge in [-0.15, -0.1) is 0 Å². The van der Waals surface area contributed by atoms with Crippen LogP contribution >= 0.6 is 0 Å². The fourth-order valence-electron chi connectivity index (χ4n) is 3.63. The van der Waals surface area contributed by atoms with E-state index in [4.69, 9.17) is 4.99 Å². The zero-order valence-corrected chi connectivity index (χ0v) is 13.4. The first-order chi connectivity index (χ1) is 11.7. The van der Waals surface area contributed by atoms with E-state index >= 15 is 0 Å². The van der Waals surface area contributed by atoms with Crippen LogP contribution in [-0.4, -0.2) is 11.0 Å². The number of H-pyrrole nitrogens is 1. The van der Waals surface area contributed by atoms with Crippen molar-refractivity contribution in [2.45, 2.75) is 18.4 Å². The van der Waals surface area contributed by atoms with Crippen LogP contribution in [0.15, 0.2) is 82.7 Å². The highest BCUT2D eigenvalue weighted by Gasteiger charge is 2.39. The summed E-state index contributed by atoms with van der Waals surface area (Å²) in [7, 11) is 0. The van der Waals surface area contributed by atoms with Crippen molar-refractivity contribution in [3.05, 3.63) is 105 Å². The van der Waals surface area contributed by atoms with Crippen molar-refractivity contribution in [3.63, 3.8) is 0 Å². The van der Waals surface area contributed by atoms with Crippen LogP contribution in [0.1, 0.15) is 18.1 Å². The highest BCUT2D eigenvalue weighted by molar-refractivity contribution is 5.59. The number of rotatable bonds is 2. The third-order valence-electron chi connectivity index (χ3n) is 4.84. The lowest BCUT2D eigenvalue weighted by atomic mass is 9.68. The number of aromatic nitrogens is 1. The van der Waals surface area contributed by atoms with Gasteiger partial charge in [0.25, 0.3) is 5.56 Å². The summed E-state index contributed by atoms with van der Waals surface area (Å²) in [6, 6.07) is 22.4. The molecule has 3 heteroatoms. The first-order valence-corrected chi connectivity index (χ1v) is 8.11. The number of hydrogen-bond donors (Lipinski definition) is 1. The predicted octanol–water partition coefficient (Wildman–Crippen LogP) is 2.16. The third kappa shape index (κ3) is 2.13. The summed E-state index contributed by atoms with van der Waals surface area (Å²) in [5.41, 5.74) is 1.73. The fraction of sp³-hybridized carbons (Fsp3) is 0.143. The van der Waals surface area contributed by atoms with Crippen molar-refractivity contribution in [1.29, 1.82) is 0 Å². The predicted molar refractivity (Wildman–Crippen MR) is 95.4 cm³/mol. The van der Waals surface area contributed by atoms with Crippen molar-refractivity contribution in [2.24, 2.45) is 4.99 Å². The van der Waals surface area contributed by atoms with Gasteiger partial charge in [-0.05, 0) is 24.1 Å². The third-order valence-corrected chi connectivity index (χ3v) is 4.84. The molecule has 1 aromatic heterocycles. The van der Waals surface area contributed by atoms with Gasteiger partial charge in [0.05, 0.1) is 22.0 Å². The molecule has 2 heterocycles. The SMILES string of the molecule is CC1N=c2cc[nH]c(=O)c2=CC1(c1ccccc1)c1ccccc1. The summed E-state index contributed by atoms with van der Waals surface area (Å²) in [6.45, 7) is 2.11. The van der Waals surface area contributed by atoms with Crippen molar-refractivity contribution >= 4 is 6.08 Å². The van der Waals surface area contributed by atoms with Gasteiger partial charge >= 0.3 is 0 Å². The molecule has 3 aromatic rings. The van der Waals surface area contributed by atoms with Crippen LogP contribution in [0, 0.1) is 0 Å². The lowest BCUT2D eigenvalue weighted by Crippen LogP contribution is -2.51. The number of aromatic amines is 1. The Morgan fingerprint density at radius 2 is 1.50 bits per heavy atom. The van der Waals surface area contributed by atoms with Crippen LogP contribution in [0.5, 0.6) is 0 Å². The van der Waals surface area contributed by atoms with E-state index in [-0.39, 0.29) is 11.6 Å². The molecule has 0 bridgehead atoms. The lowest BCUT2D eigenvalue weighted by Gasteiger charge is -2.37. The Balaban J connectivity index is 2.13. The molecule has 24 heavy (non-hydrogen) atoms. The molecule has 1 atom stereocenters. The lowest BCUT2D eigenvalue weighted by molar-refractivity contribution is 0.531. The van der Waals surface area contributed by atoms with Crippen LogP contribution in [0.2, 0.25) is 0 Å². The minimum absolute atomic E-state index is 0.0170. The van der Waals surface area contributed by atoms with Crippen LogP contribution in [0.4, 0.5) is 0 Å². The number of pyridine rings is 1. The molecular formula is C21H18N2O. The second-order valence-electron chi connectivity index (χ2n) is 6.16. The van der Waals surface area contributed by atoms with Gasteiger partial charge in [0, 0.05) is 6.20 Å². The van der Waals surface area contributed by atoms with Crippen molar-refractivity contribution in [1.82, 2.24) is 4.98 Å².